The molecule has 28 heavy (non-hydrogen) atoms. The Bertz CT molecular complexity index is 886. The summed E-state index contributed by atoms with van der Waals surface area (Å²) in [5, 5.41) is 16.2. The number of phenols is 1. The molecule has 0 unspecified atom stereocenters. The molecule has 0 radical (unpaired) electrons. The quantitative estimate of drug-likeness (QED) is 0.423. The molecule has 0 fully saturated rings. The van der Waals surface area contributed by atoms with E-state index in [1.54, 1.807) is 43.3 Å². The van der Waals surface area contributed by atoms with Crippen molar-refractivity contribution in [3.05, 3.63) is 52.0 Å². The number of nitrogens with zero attached hydrogens (tertiary/aromatic N) is 1. The summed E-state index contributed by atoms with van der Waals surface area (Å²) in [6.45, 7) is 1.94. The summed E-state index contributed by atoms with van der Waals surface area (Å²) in [5.41, 5.74) is 3.25. The summed E-state index contributed by atoms with van der Waals surface area (Å²) >= 11 is 3.23. The molecule has 3 N–H and O–H groups in total. The van der Waals surface area contributed by atoms with Gasteiger partial charge in [-0.3, -0.25) is 9.59 Å². The zero-order valence-electron chi connectivity index (χ0n) is 15.4. The molecule has 0 atom stereocenters. The first-order chi connectivity index (χ1) is 13.5. The van der Waals surface area contributed by atoms with Crippen LogP contribution in [0.25, 0.3) is 0 Å². The molecule has 2 amide bonds. The smallest absolute Gasteiger partial charge is 0.259 e. The van der Waals surface area contributed by atoms with Crippen molar-refractivity contribution in [1.29, 1.82) is 0 Å². The largest absolute Gasteiger partial charge is 0.503 e. The molecule has 9 heteroatoms. The minimum absolute atomic E-state index is 0.0120. The van der Waals surface area contributed by atoms with Gasteiger partial charge in [0.05, 0.1) is 36.5 Å². The molecule has 0 saturated carbocycles. The van der Waals surface area contributed by atoms with E-state index in [0.29, 0.717) is 33.7 Å². The Morgan fingerprint density at radius 3 is 2.71 bits per heavy atom. The summed E-state index contributed by atoms with van der Waals surface area (Å²) in [6.07, 6.45) is 1.40. The highest BCUT2D eigenvalue weighted by Crippen LogP contribution is 2.35. The Balaban J connectivity index is 1.91. The van der Waals surface area contributed by atoms with Gasteiger partial charge in [-0.05, 0) is 52.7 Å². The standard InChI is InChI=1S/C19H20BrN3O5/c1-3-28-16-9-12(8-14(20)18(16)25)10-22-23-17(24)11-21-19(26)13-6-4-5-7-15(13)27-2/h4-10,25H,3,11H2,1-2H3,(H,21,26)(H,23,24)/b22-10+. The topological polar surface area (TPSA) is 109 Å². The van der Waals surface area contributed by atoms with E-state index in [9.17, 15) is 14.7 Å². The van der Waals surface area contributed by atoms with Crippen molar-refractivity contribution in [3.8, 4) is 17.2 Å². The zero-order chi connectivity index (χ0) is 20.5. The maximum atomic E-state index is 12.1. The number of carbonyl (C=O) groups is 2. The van der Waals surface area contributed by atoms with Crippen LogP contribution in [0.1, 0.15) is 22.8 Å². The summed E-state index contributed by atoms with van der Waals surface area (Å²) in [6, 6.07) is 9.91. The van der Waals surface area contributed by atoms with Gasteiger partial charge in [-0.15, -0.1) is 0 Å². The van der Waals surface area contributed by atoms with E-state index in [1.807, 2.05) is 0 Å². The average molecular weight is 450 g/mol. The molecule has 2 aromatic carbocycles. The number of carbonyl (C=O) groups excluding carboxylic acids is 2. The number of rotatable bonds is 8. The van der Waals surface area contributed by atoms with Crippen LogP contribution in [0.4, 0.5) is 0 Å². The molecular formula is C19H20BrN3O5. The van der Waals surface area contributed by atoms with Gasteiger partial charge in [0.2, 0.25) is 0 Å². The average Bonchev–Trinajstić information content (AvgIpc) is 2.70. The van der Waals surface area contributed by atoms with Gasteiger partial charge in [-0.1, -0.05) is 12.1 Å². The van der Waals surface area contributed by atoms with Crippen LogP contribution >= 0.6 is 15.9 Å². The number of benzene rings is 2. The highest BCUT2D eigenvalue weighted by Gasteiger charge is 2.12. The van der Waals surface area contributed by atoms with Crippen LogP contribution in [0.5, 0.6) is 17.2 Å². The van der Waals surface area contributed by atoms with E-state index < -0.39 is 11.8 Å². The fourth-order valence-corrected chi connectivity index (χ4v) is 2.70. The predicted octanol–water partition coefficient (Wildman–Crippen LogP) is 2.44. The Morgan fingerprint density at radius 2 is 2.00 bits per heavy atom. The lowest BCUT2D eigenvalue weighted by molar-refractivity contribution is -0.120. The van der Waals surface area contributed by atoms with Crippen molar-refractivity contribution in [3.63, 3.8) is 0 Å². The van der Waals surface area contributed by atoms with E-state index in [4.69, 9.17) is 9.47 Å². The van der Waals surface area contributed by atoms with Crippen molar-refractivity contribution in [2.45, 2.75) is 6.92 Å². The summed E-state index contributed by atoms with van der Waals surface area (Å²) in [7, 11) is 1.46. The van der Waals surface area contributed by atoms with Gasteiger partial charge in [-0.2, -0.15) is 5.10 Å². The van der Waals surface area contributed by atoms with Gasteiger partial charge in [0, 0.05) is 0 Å². The lowest BCUT2D eigenvalue weighted by atomic mass is 10.2. The molecule has 0 aliphatic carbocycles. The van der Waals surface area contributed by atoms with Gasteiger partial charge < -0.3 is 19.9 Å². The number of para-hydroxylation sites is 1. The normalized spacial score (nSPS) is 10.5. The van der Waals surface area contributed by atoms with Crippen molar-refractivity contribution in [2.24, 2.45) is 5.10 Å². The summed E-state index contributed by atoms with van der Waals surface area (Å²) < 4.78 is 10.9. The van der Waals surface area contributed by atoms with E-state index in [2.05, 4.69) is 31.8 Å². The van der Waals surface area contributed by atoms with Crippen LogP contribution in [0.3, 0.4) is 0 Å². The molecule has 2 rings (SSSR count). The highest BCUT2D eigenvalue weighted by atomic mass is 79.9. The van der Waals surface area contributed by atoms with E-state index in [0.717, 1.165) is 0 Å². The predicted molar refractivity (Wildman–Crippen MR) is 108 cm³/mol. The highest BCUT2D eigenvalue weighted by molar-refractivity contribution is 9.10. The van der Waals surface area contributed by atoms with Crippen molar-refractivity contribution >= 4 is 34.0 Å². The molecule has 0 bridgehead atoms. The SMILES string of the molecule is CCOc1cc(/C=N/NC(=O)CNC(=O)c2ccccc2OC)cc(Br)c1O. The first kappa shape index (κ1) is 21.2. The van der Waals surface area contributed by atoms with Crippen LogP contribution < -0.4 is 20.2 Å². The van der Waals surface area contributed by atoms with Crippen molar-refractivity contribution in [1.82, 2.24) is 10.7 Å². The van der Waals surface area contributed by atoms with Crippen LogP contribution in [0, 0.1) is 0 Å². The zero-order valence-corrected chi connectivity index (χ0v) is 16.9. The molecule has 0 heterocycles. The minimum atomic E-state index is -0.498. The van der Waals surface area contributed by atoms with E-state index in [-0.39, 0.29) is 12.3 Å². The van der Waals surface area contributed by atoms with Gasteiger partial charge in [0.25, 0.3) is 11.8 Å². The summed E-state index contributed by atoms with van der Waals surface area (Å²) in [5.74, 6) is -0.222. The van der Waals surface area contributed by atoms with Gasteiger partial charge in [0.1, 0.15) is 5.75 Å². The van der Waals surface area contributed by atoms with Crippen LogP contribution in [0.15, 0.2) is 46.0 Å². The molecule has 0 aliphatic rings. The Labute approximate surface area is 170 Å². The molecule has 0 saturated heterocycles. The Morgan fingerprint density at radius 1 is 1.25 bits per heavy atom. The second-order valence-corrected chi connectivity index (χ2v) is 6.31. The van der Waals surface area contributed by atoms with Crippen LogP contribution in [-0.2, 0) is 4.79 Å². The molecule has 0 aliphatic heterocycles. The fraction of sp³-hybridized carbons (Fsp3) is 0.211. The Hall–Kier alpha value is -3.07. The second-order valence-electron chi connectivity index (χ2n) is 5.46. The minimum Gasteiger partial charge on any atom is -0.503 e. The van der Waals surface area contributed by atoms with Crippen molar-refractivity contribution in [2.75, 3.05) is 20.3 Å². The number of aromatic hydroxyl groups is 1. The molecule has 148 valence electrons. The third kappa shape index (κ3) is 5.71. The van der Waals surface area contributed by atoms with Crippen LogP contribution in [0.2, 0.25) is 0 Å². The maximum absolute atomic E-state index is 12.1. The maximum Gasteiger partial charge on any atom is 0.259 e. The number of ether oxygens (including phenoxy) is 2. The summed E-state index contributed by atoms with van der Waals surface area (Å²) in [4.78, 5) is 24.0. The van der Waals surface area contributed by atoms with E-state index >= 15 is 0 Å². The lowest BCUT2D eigenvalue weighted by Crippen LogP contribution is -2.35. The number of halogens is 1. The second kappa shape index (κ2) is 10.3. The van der Waals surface area contributed by atoms with E-state index in [1.165, 1.54) is 13.3 Å². The first-order valence-corrected chi connectivity index (χ1v) is 9.14. The van der Waals surface area contributed by atoms with Gasteiger partial charge in [0.15, 0.2) is 11.5 Å². The monoisotopic (exact) mass is 449 g/mol. The number of methoxy groups -OCH3 is 1. The number of hydrogen-bond donors (Lipinski definition) is 3. The number of nitrogens with one attached hydrogen (secondary N) is 2. The van der Waals surface area contributed by atoms with Crippen molar-refractivity contribution < 1.29 is 24.2 Å². The fourth-order valence-electron chi connectivity index (χ4n) is 2.24. The van der Waals surface area contributed by atoms with Gasteiger partial charge >= 0.3 is 0 Å². The number of phenolic OH excluding ortho intramolecular Hbond substituents is 1. The number of amides is 2. The number of hydrogen-bond acceptors (Lipinski definition) is 6. The molecular weight excluding hydrogens is 430 g/mol. The number of hydrazone groups is 1. The third-order valence-corrected chi connectivity index (χ3v) is 4.12. The molecule has 0 spiro atoms. The van der Waals surface area contributed by atoms with Gasteiger partial charge in [-0.25, -0.2) is 5.43 Å². The molecule has 0 aromatic heterocycles. The van der Waals surface area contributed by atoms with Crippen LogP contribution in [-0.4, -0.2) is 43.4 Å². The molecule has 2 aromatic rings. The lowest BCUT2D eigenvalue weighted by Gasteiger charge is -2.09. The third-order valence-electron chi connectivity index (χ3n) is 3.51. The molecule has 8 nitrogen and oxygen atoms in total. The Kier molecular flexibility index (Phi) is 7.82. The first-order valence-electron chi connectivity index (χ1n) is 8.34.